The minimum atomic E-state index is 0.988. The maximum Gasteiger partial charge on any atom is 0.0702 e. The van der Waals surface area contributed by atoms with E-state index in [0.717, 1.165) is 11.3 Å². The standard InChI is InChI=1S/C35H25N/c1-3-10-26(11-4-1)32-23-33(27-12-5-2-6-13-27)25-34(24-32)29-19-17-28(18-20-29)30-14-9-15-31(22-30)35-16-7-8-21-36-35/h1-25H. The molecule has 0 radical (unpaired) electrons. The molecule has 0 aliphatic rings. The first-order valence-corrected chi connectivity index (χ1v) is 12.2. The van der Waals surface area contributed by atoms with Crippen molar-refractivity contribution in [1.29, 1.82) is 0 Å². The highest BCUT2D eigenvalue weighted by atomic mass is 14.7. The molecule has 0 atom stereocenters. The van der Waals surface area contributed by atoms with Crippen molar-refractivity contribution in [2.45, 2.75) is 0 Å². The van der Waals surface area contributed by atoms with Crippen LogP contribution in [0.1, 0.15) is 0 Å². The van der Waals surface area contributed by atoms with Crippen LogP contribution >= 0.6 is 0 Å². The lowest BCUT2D eigenvalue weighted by Gasteiger charge is -2.12. The first-order valence-electron chi connectivity index (χ1n) is 12.2. The molecule has 0 aliphatic heterocycles. The van der Waals surface area contributed by atoms with Gasteiger partial charge in [0.1, 0.15) is 0 Å². The normalized spacial score (nSPS) is 10.8. The molecule has 5 aromatic carbocycles. The van der Waals surface area contributed by atoms with Crippen molar-refractivity contribution < 1.29 is 0 Å². The second-order valence-corrected chi connectivity index (χ2v) is 8.90. The highest BCUT2D eigenvalue weighted by Crippen LogP contribution is 2.34. The van der Waals surface area contributed by atoms with Crippen molar-refractivity contribution >= 4 is 0 Å². The van der Waals surface area contributed by atoms with Crippen LogP contribution in [0, 0.1) is 0 Å². The topological polar surface area (TPSA) is 12.9 Å². The number of benzene rings is 5. The van der Waals surface area contributed by atoms with Crippen molar-refractivity contribution in [3.05, 3.63) is 152 Å². The molecular formula is C35H25N. The smallest absolute Gasteiger partial charge is 0.0702 e. The molecule has 0 fully saturated rings. The van der Waals surface area contributed by atoms with Crippen molar-refractivity contribution in [2.24, 2.45) is 0 Å². The Morgan fingerprint density at radius 1 is 0.278 bits per heavy atom. The quantitative estimate of drug-likeness (QED) is 0.250. The van der Waals surface area contributed by atoms with E-state index in [2.05, 4.69) is 132 Å². The summed E-state index contributed by atoms with van der Waals surface area (Å²) < 4.78 is 0. The van der Waals surface area contributed by atoms with Gasteiger partial charge in [-0.25, -0.2) is 0 Å². The maximum absolute atomic E-state index is 4.50. The lowest BCUT2D eigenvalue weighted by molar-refractivity contribution is 1.33. The second-order valence-electron chi connectivity index (χ2n) is 8.90. The summed E-state index contributed by atoms with van der Waals surface area (Å²) in [4.78, 5) is 4.50. The average Bonchev–Trinajstić information content (AvgIpc) is 2.98. The van der Waals surface area contributed by atoms with Crippen LogP contribution in [0.5, 0.6) is 0 Å². The number of nitrogens with zero attached hydrogens (tertiary/aromatic N) is 1. The SMILES string of the molecule is c1ccc(-c2cc(-c3ccccc3)cc(-c3ccc(-c4cccc(-c5ccccn5)c4)cc3)c2)cc1. The van der Waals surface area contributed by atoms with Gasteiger partial charge in [-0.05, 0) is 80.9 Å². The lowest BCUT2D eigenvalue weighted by Crippen LogP contribution is -1.87. The molecule has 1 heteroatoms. The fraction of sp³-hybridized carbons (Fsp3) is 0. The van der Waals surface area contributed by atoms with E-state index in [1.165, 1.54) is 44.5 Å². The largest absolute Gasteiger partial charge is 0.256 e. The van der Waals surface area contributed by atoms with Crippen LogP contribution in [0.4, 0.5) is 0 Å². The van der Waals surface area contributed by atoms with Gasteiger partial charge in [-0.3, -0.25) is 4.98 Å². The van der Waals surface area contributed by atoms with Crippen molar-refractivity contribution in [1.82, 2.24) is 4.98 Å². The van der Waals surface area contributed by atoms with E-state index in [9.17, 15) is 0 Å². The van der Waals surface area contributed by atoms with Crippen molar-refractivity contribution in [2.75, 3.05) is 0 Å². The predicted octanol–water partition coefficient (Wildman–Crippen LogP) is 9.42. The van der Waals surface area contributed by atoms with Crippen LogP contribution in [0.25, 0.3) is 55.8 Å². The van der Waals surface area contributed by atoms with E-state index in [-0.39, 0.29) is 0 Å². The molecule has 1 heterocycles. The Morgan fingerprint density at radius 3 is 1.22 bits per heavy atom. The second kappa shape index (κ2) is 9.85. The van der Waals surface area contributed by atoms with Crippen LogP contribution in [0.3, 0.4) is 0 Å². The Hall–Kier alpha value is -4.75. The minimum absolute atomic E-state index is 0.988. The van der Waals surface area contributed by atoms with Gasteiger partial charge in [-0.2, -0.15) is 0 Å². The van der Waals surface area contributed by atoms with Crippen LogP contribution in [-0.4, -0.2) is 4.98 Å². The Labute approximate surface area is 212 Å². The molecule has 0 saturated heterocycles. The van der Waals surface area contributed by atoms with E-state index < -0.39 is 0 Å². The summed E-state index contributed by atoms with van der Waals surface area (Å²) in [6.45, 7) is 0. The van der Waals surface area contributed by atoms with Gasteiger partial charge < -0.3 is 0 Å². The summed E-state index contributed by atoms with van der Waals surface area (Å²) in [5.74, 6) is 0. The molecule has 0 bridgehead atoms. The molecule has 0 spiro atoms. The van der Waals surface area contributed by atoms with Crippen LogP contribution < -0.4 is 0 Å². The first kappa shape index (κ1) is 21.8. The van der Waals surface area contributed by atoms with Gasteiger partial charge in [0, 0.05) is 11.8 Å². The van der Waals surface area contributed by atoms with Gasteiger partial charge in [0.15, 0.2) is 0 Å². The number of aromatic nitrogens is 1. The zero-order valence-corrected chi connectivity index (χ0v) is 19.9. The van der Waals surface area contributed by atoms with Crippen LogP contribution in [-0.2, 0) is 0 Å². The van der Waals surface area contributed by atoms with Gasteiger partial charge in [-0.15, -0.1) is 0 Å². The molecule has 6 aromatic rings. The van der Waals surface area contributed by atoms with Gasteiger partial charge in [0.25, 0.3) is 0 Å². The van der Waals surface area contributed by atoms with E-state index in [0.29, 0.717) is 0 Å². The summed E-state index contributed by atoms with van der Waals surface area (Å²) in [5.41, 5.74) is 11.8. The molecule has 0 saturated carbocycles. The Balaban J connectivity index is 1.38. The maximum atomic E-state index is 4.50. The van der Waals surface area contributed by atoms with Gasteiger partial charge in [0.05, 0.1) is 5.69 Å². The van der Waals surface area contributed by atoms with Gasteiger partial charge in [0.2, 0.25) is 0 Å². The van der Waals surface area contributed by atoms with E-state index in [1.54, 1.807) is 0 Å². The zero-order chi connectivity index (χ0) is 24.2. The molecule has 0 amide bonds. The average molecular weight is 460 g/mol. The van der Waals surface area contributed by atoms with Crippen molar-refractivity contribution in [3.8, 4) is 55.8 Å². The molecule has 0 N–H and O–H groups in total. The van der Waals surface area contributed by atoms with Crippen LogP contribution in [0.2, 0.25) is 0 Å². The number of rotatable bonds is 5. The first-order chi connectivity index (χ1) is 17.8. The van der Waals surface area contributed by atoms with E-state index in [1.807, 2.05) is 24.4 Å². The highest BCUT2D eigenvalue weighted by molar-refractivity contribution is 5.82. The zero-order valence-electron chi connectivity index (χ0n) is 19.9. The third-order valence-corrected chi connectivity index (χ3v) is 6.52. The van der Waals surface area contributed by atoms with Gasteiger partial charge in [-0.1, -0.05) is 109 Å². The fourth-order valence-electron chi connectivity index (χ4n) is 4.64. The molecule has 0 unspecified atom stereocenters. The van der Waals surface area contributed by atoms with E-state index >= 15 is 0 Å². The number of hydrogen-bond acceptors (Lipinski definition) is 1. The molecule has 6 rings (SSSR count). The van der Waals surface area contributed by atoms with E-state index in [4.69, 9.17) is 0 Å². The Kier molecular flexibility index (Phi) is 5.96. The number of pyridine rings is 1. The third-order valence-electron chi connectivity index (χ3n) is 6.52. The van der Waals surface area contributed by atoms with Crippen molar-refractivity contribution in [3.63, 3.8) is 0 Å². The summed E-state index contributed by atoms with van der Waals surface area (Å²) in [6, 6.07) is 51.5. The summed E-state index contributed by atoms with van der Waals surface area (Å²) in [6.07, 6.45) is 1.84. The summed E-state index contributed by atoms with van der Waals surface area (Å²) in [7, 11) is 0. The molecule has 0 aliphatic carbocycles. The Bertz CT molecular complexity index is 1530. The molecule has 1 aromatic heterocycles. The summed E-state index contributed by atoms with van der Waals surface area (Å²) in [5, 5.41) is 0. The predicted molar refractivity (Wildman–Crippen MR) is 151 cm³/mol. The molecule has 1 nitrogen and oxygen atoms in total. The minimum Gasteiger partial charge on any atom is -0.256 e. The molecular weight excluding hydrogens is 434 g/mol. The third kappa shape index (κ3) is 4.60. The molecule has 170 valence electrons. The molecule has 36 heavy (non-hydrogen) atoms. The Morgan fingerprint density at radius 2 is 0.694 bits per heavy atom. The highest BCUT2D eigenvalue weighted by Gasteiger charge is 2.08. The lowest BCUT2D eigenvalue weighted by atomic mass is 9.92. The van der Waals surface area contributed by atoms with Crippen LogP contribution in [0.15, 0.2) is 152 Å². The fourth-order valence-corrected chi connectivity index (χ4v) is 4.64. The monoisotopic (exact) mass is 459 g/mol. The van der Waals surface area contributed by atoms with Gasteiger partial charge >= 0.3 is 0 Å². The summed E-state index contributed by atoms with van der Waals surface area (Å²) >= 11 is 0. The number of hydrogen-bond donors (Lipinski definition) is 0.